The first-order chi connectivity index (χ1) is 9.54. The zero-order valence-electron chi connectivity index (χ0n) is 10.6. The predicted molar refractivity (Wildman–Crippen MR) is 77.8 cm³/mol. The van der Waals surface area contributed by atoms with Crippen LogP contribution in [-0.2, 0) is 4.74 Å². The van der Waals surface area contributed by atoms with Gasteiger partial charge in [-0.25, -0.2) is 9.18 Å². The smallest absolute Gasteiger partial charge is 0.338 e. The van der Waals surface area contributed by atoms with E-state index in [-0.39, 0.29) is 17.7 Å². The Bertz CT molecular complexity index is 636. The maximum absolute atomic E-state index is 14.0. The van der Waals surface area contributed by atoms with Gasteiger partial charge in [-0.2, -0.15) is 0 Å². The van der Waals surface area contributed by atoms with Crippen LogP contribution in [0.1, 0.15) is 17.3 Å². The minimum absolute atomic E-state index is 0.172. The summed E-state index contributed by atoms with van der Waals surface area (Å²) in [7, 11) is 0. The first kappa shape index (κ1) is 14.8. The summed E-state index contributed by atoms with van der Waals surface area (Å²) in [4.78, 5) is 11.7. The highest BCUT2D eigenvalue weighted by Gasteiger charge is 2.16. The number of esters is 1. The van der Waals surface area contributed by atoms with Gasteiger partial charge in [-0.3, -0.25) is 0 Å². The molecule has 2 nitrogen and oxygen atoms in total. The molecular weight excluding hydrogens is 302 g/mol. The normalized spacial score (nSPS) is 10.4. The molecule has 0 aliphatic rings. The molecule has 0 atom stereocenters. The fraction of sp³-hybridized carbons (Fsp3) is 0.133. The Balaban J connectivity index is 2.57. The summed E-state index contributed by atoms with van der Waals surface area (Å²) in [5.41, 5.74) is 0.782. The van der Waals surface area contributed by atoms with Gasteiger partial charge in [0.25, 0.3) is 0 Å². The number of ether oxygens (including phenoxy) is 1. The molecule has 0 aliphatic carbocycles. The number of carbonyl (C=O) groups excluding carboxylic acids is 1. The van der Waals surface area contributed by atoms with Crippen molar-refractivity contribution in [3.63, 3.8) is 0 Å². The quantitative estimate of drug-likeness (QED) is 0.747. The number of carbonyl (C=O) groups is 1. The van der Waals surface area contributed by atoms with Gasteiger partial charge in [0.15, 0.2) is 0 Å². The first-order valence-corrected chi connectivity index (χ1v) is 6.71. The van der Waals surface area contributed by atoms with Gasteiger partial charge in [-0.05, 0) is 37.3 Å². The lowest BCUT2D eigenvalue weighted by Crippen LogP contribution is -2.05. The van der Waals surface area contributed by atoms with Crippen LogP contribution in [0.25, 0.3) is 11.1 Å². The minimum Gasteiger partial charge on any atom is -0.462 e. The number of hydrogen-bond acceptors (Lipinski definition) is 2. The van der Waals surface area contributed by atoms with Crippen LogP contribution < -0.4 is 0 Å². The molecule has 0 N–H and O–H groups in total. The van der Waals surface area contributed by atoms with Gasteiger partial charge in [0.05, 0.1) is 12.2 Å². The molecule has 2 aromatic carbocycles. The zero-order chi connectivity index (χ0) is 14.7. The molecule has 20 heavy (non-hydrogen) atoms. The van der Waals surface area contributed by atoms with Crippen molar-refractivity contribution in [3.8, 4) is 11.1 Å². The van der Waals surface area contributed by atoms with E-state index < -0.39 is 11.8 Å². The molecule has 0 bridgehead atoms. The van der Waals surface area contributed by atoms with Gasteiger partial charge in [0, 0.05) is 21.2 Å². The molecule has 0 saturated heterocycles. The third-order valence-electron chi connectivity index (χ3n) is 2.71. The molecule has 0 heterocycles. The van der Waals surface area contributed by atoms with Crippen molar-refractivity contribution in [1.82, 2.24) is 0 Å². The molecule has 0 radical (unpaired) electrons. The third kappa shape index (κ3) is 2.94. The van der Waals surface area contributed by atoms with Gasteiger partial charge >= 0.3 is 5.97 Å². The summed E-state index contributed by atoms with van der Waals surface area (Å²) in [6, 6.07) is 8.84. The molecule has 0 fully saturated rings. The van der Waals surface area contributed by atoms with Gasteiger partial charge in [-0.1, -0.05) is 29.3 Å². The molecule has 0 spiro atoms. The van der Waals surface area contributed by atoms with Crippen LogP contribution in [0, 0.1) is 5.82 Å². The molecule has 0 aromatic heterocycles. The van der Waals surface area contributed by atoms with Crippen LogP contribution in [-0.4, -0.2) is 12.6 Å². The molecule has 0 amide bonds. The van der Waals surface area contributed by atoms with E-state index in [1.807, 2.05) is 0 Å². The van der Waals surface area contributed by atoms with Crippen LogP contribution in [0.4, 0.5) is 4.39 Å². The highest BCUT2D eigenvalue weighted by Crippen LogP contribution is 2.36. The van der Waals surface area contributed by atoms with Gasteiger partial charge < -0.3 is 4.74 Å². The van der Waals surface area contributed by atoms with Crippen molar-refractivity contribution < 1.29 is 13.9 Å². The van der Waals surface area contributed by atoms with Crippen molar-refractivity contribution in [2.75, 3.05) is 6.61 Å². The fourth-order valence-electron chi connectivity index (χ4n) is 1.81. The maximum atomic E-state index is 14.0. The van der Waals surface area contributed by atoms with E-state index in [4.69, 9.17) is 27.9 Å². The molecule has 2 aromatic rings. The number of benzene rings is 2. The summed E-state index contributed by atoms with van der Waals surface area (Å²) in [6.45, 7) is 1.95. The van der Waals surface area contributed by atoms with E-state index in [9.17, 15) is 9.18 Å². The van der Waals surface area contributed by atoms with Gasteiger partial charge in [-0.15, -0.1) is 0 Å². The monoisotopic (exact) mass is 312 g/mol. The Labute approximate surface area is 126 Å². The van der Waals surface area contributed by atoms with Crippen molar-refractivity contribution in [3.05, 3.63) is 57.8 Å². The summed E-state index contributed by atoms with van der Waals surface area (Å²) < 4.78 is 18.9. The highest BCUT2D eigenvalue weighted by atomic mass is 35.5. The Morgan fingerprint density at radius 1 is 1.20 bits per heavy atom. The summed E-state index contributed by atoms with van der Waals surface area (Å²) >= 11 is 12.1. The number of halogens is 3. The molecule has 104 valence electrons. The Hall–Kier alpha value is -1.58. The highest BCUT2D eigenvalue weighted by molar-refractivity contribution is 6.39. The second kappa shape index (κ2) is 6.25. The Morgan fingerprint density at radius 2 is 1.85 bits per heavy atom. The molecule has 0 unspecified atom stereocenters. The van der Waals surface area contributed by atoms with Gasteiger partial charge in [0.2, 0.25) is 0 Å². The molecule has 0 saturated carbocycles. The molecular formula is C15H11Cl2FO2. The lowest BCUT2D eigenvalue weighted by atomic mass is 10.0. The van der Waals surface area contributed by atoms with E-state index in [2.05, 4.69) is 0 Å². The largest absolute Gasteiger partial charge is 0.462 e. The summed E-state index contributed by atoms with van der Waals surface area (Å²) in [5.74, 6) is -1.02. The summed E-state index contributed by atoms with van der Waals surface area (Å²) in [6.07, 6.45) is 0. The second-order valence-electron chi connectivity index (χ2n) is 4.01. The van der Waals surface area contributed by atoms with Crippen LogP contribution in [0.5, 0.6) is 0 Å². The van der Waals surface area contributed by atoms with Crippen LogP contribution in [0.15, 0.2) is 36.4 Å². The molecule has 5 heteroatoms. The lowest BCUT2D eigenvalue weighted by molar-refractivity contribution is 0.0526. The van der Waals surface area contributed by atoms with E-state index in [0.717, 1.165) is 0 Å². The second-order valence-corrected chi connectivity index (χ2v) is 4.83. The Morgan fingerprint density at radius 3 is 2.45 bits per heavy atom. The van der Waals surface area contributed by atoms with Crippen molar-refractivity contribution in [2.24, 2.45) is 0 Å². The SMILES string of the molecule is CCOC(=O)c1ccc(F)c(-c2c(Cl)cccc2Cl)c1. The van der Waals surface area contributed by atoms with Crippen LogP contribution >= 0.6 is 23.2 Å². The van der Waals surface area contributed by atoms with E-state index >= 15 is 0 Å². The van der Waals surface area contributed by atoms with E-state index in [1.165, 1.54) is 18.2 Å². The number of hydrogen-bond donors (Lipinski definition) is 0. The molecule has 2 rings (SSSR count). The predicted octanol–water partition coefficient (Wildman–Crippen LogP) is 4.98. The van der Waals surface area contributed by atoms with Crippen LogP contribution in [0.3, 0.4) is 0 Å². The topological polar surface area (TPSA) is 26.3 Å². The zero-order valence-corrected chi connectivity index (χ0v) is 12.1. The minimum atomic E-state index is -0.517. The van der Waals surface area contributed by atoms with Crippen molar-refractivity contribution >= 4 is 29.2 Å². The standard InChI is InChI=1S/C15H11Cl2FO2/c1-2-20-15(19)9-6-7-13(18)10(8-9)14-11(16)4-3-5-12(14)17/h3-8H,2H2,1H3. The van der Waals surface area contributed by atoms with Crippen molar-refractivity contribution in [2.45, 2.75) is 6.92 Å². The average Bonchev–Trinajstić information content (AvgIpc) is 2.40. The summed E-state index contributed by atoms with van der Waals surface area (Å²) in [5, 5.41) is 0.634. The molecule has 0 aliphatic heterocycles. The van der Waals surface area contributed by atoms with Crippen molar-refractivity contribution in [1.29, 1.82) is 0 Å². The third-order valence-corrected chi connectivity index (χ3v) is 3.34. The first-order valence-electron chi connectivity index (χ1n) is 5.95. The van der Waals surface area contributed by atoms with E-state index in [0.29, 0.717) is 15.6 Å². The maximum Gasteiger partial charge on any atom is 0.338 e. The average molecular weight is 313 g/mol. The fourth-order valence-corrected chi connectivity index (χ4v) is 2.41. The van der Waals surface area contributed by atoms with E-state index in [1.54, 1.807) is 25.1 Å². The Kier molecular flexibility index (Phi) is 4.63. The van der Waals surface area contributed by atoms with Gasteiger partial charge in [0.1, 0.15) is 5.82 Å². The van der Waals surface area contributed by atoms with Crippen LogP contribution in [0.2, 0.25) is 10.0 Å². The number of rotatable bonds is 3. The lowest BCUT2D eigenvalue weighted by Gasteiger charge is -2.10.